The van der Waals surface area contributed by atoms with Crippen LogP contribution in [0.25, 0.3) is 32.9 Å². The summed E-state index contributed by atoms with van der Waals surface area (Å²) < 4.78 is 0. The van der Waals surface area contributed by atoms with Crippen LogP contribution in [0.5, 0.6) is 0 Å². The van der Waals surface area contributed by atoms with Crippen molar-refractivity contribution in [2.75, 3.05) is 26.0 Å². The molecule has 0 unspecified atom stereocenters. The van der Waals surface area contributed by atoms with E-state index in [0.717, 1.165) is 27.8 Å². The Morgan fingerprint density at radius 2 is 1.58 bits per heavy atom. The highest BCUT2D eigenvalue weighted by Gasteiger charge is 2.13. The number of anilines is 1. The molecule has 1 aromatic heterocycles. The van der Waals surface area contributed by atoms with Crippen LogP contribution in [-0.2, 0) is 4.79 Å². The van der Waals surface area contributed by atoms with Gasteiger partial charge in [0, 0.05) is 33.1 Å². The summed E-state index contributed by atoms with van der Waals surface area (Å²) in [6.45, 7) is 0.352. The zero-order valence-corrected chi connectivity index (χ0v) is 14.9. The third-order valence-corrected chi connectivity index (χ3v) is 4.49. The number of amides is 1. The molecule has 26 heavy (non-hydrogen) atoms. The molecular weight excluding hydrogens is 322 g/mol. The minimum Gasteiger partial charge on any atom is -0.354 e. The van der Waals surface area contributed by atoms with Crippen molar-refractivity contribution in [3.05, 3.63) is 66.7 Å². The minimum absolute atomic E-state index is 0.0220. The molecule has 0 aliphatic heterocycles. The van der Waals surface area contributed by atoms with Gasteiger partial charge in [-0.15, -0.1) is 0 Å². The molecule has 1 amide bonds. The lowest BCUT2D eigenvalue weighted by atomic mass is 10.0. The molecular formula is C22H21N3O. The van der Waals surface area contributed by atoms with Crippen LogP contribution in [0.3, 0.4) is 0 Å². The summed E-state index contributed by atoms with van der Waals surface area (Å²) in [4.78, 5) is 17.6. The predicted octanol–water partition coefficient (Wildman–Crippen LogP) is 4.49. The average molecular weight is 343 g/mol. The van der Waals surface area contributed by atoms with Crippen molar-refractivity contribution in [2.45, 2.75) is 0 Å². The quantitative estimate of drug-likeness (QED) is 0.574. The average Bonchev–Trinajstić information content (AvgIpc) is 3.00. The molecule has 0 saturated heterocycles. The number of aromatic nitrogens is 1. The molecule has 0 spiro atoms. The number of likely N-dealkylation sites (N-methyl/N-ethyl adjacent to an activating group) is 1. The SMILES string of the molecule is CN(C)CC(=O)Nc1ccccc1-c1cccc2c1[nH]c1ccccc12. The van der Waals surface area contributed by atoms with Gasteiger partial charge in [-0.25, -0.2) is 0 Å². The topological polar surface area (TPSA) is 48.1 Å². The zero-order chi connectivity index (χ0) is 18.1. The number of rotatable bonds is 4. The number of nitrogens with one attached hydrogen (secondary N) is 2. The smallest absolute Gasteiger partial charge is 0.238 e. The highest BCUT2D eigenvalue weighted by Crippen LogP contribution is 2.36. The fourth-order valence-corrected chi connectivity index (χ4v) is 3.40. The zero-order valence-electron chi connectivity index (χ0n) is 14.9. The second kappa shape index (κ2) is 6.65. The number of hydrogen-bond acceptors (Lipinski definition) is 2. The van der Waals surface area contributed by atoms with E-state index in [1.807, 2.05) is 49.3 Å². The van der Waals surface area contributed by atoms with Gasteiger partial charge >= 0.3 is 0 Å². The van der Waals surface area contributed by atoms with E-state index in [-0.39, 0.29) is 5.91 Å². The Balaban J connectivity index is 1.85. The molecule has 4 heteroatoms. The van der Waals surface area contributed by atoms with Crippen LogP contribution in [0.2, 0.25) is 0 Å². The summed E-state index contributed by atoms with van der Waals surface area (Å²) in [7, 11) is 3.77. The van der Waals surface area contributed by atoms with E-state index in [1.165, 1.54) is 10.8 Å². The second-order valence-electron chi connectivity index (χ2n) is 6.73. The predicted molar refractivity (Wildman–Crippen MR) is 108 cm³/mol. The first kappa shape index (κ1) is 16.4. The van der Waals surface area contributed by atoms with Crippen molar-refractivity contribution < 1.29 is 4.79 Å². The monoisotopic (exact) mass is 343 g/mol. The van der Waals surface area contributed by atoms with Crippen LogP contribution in [0.15, 0.2) is 66.7 Å². The molecule has 130 valence electrons. The van der Waals surface area contributed by atoms with Gasteiger partial charge in [0.1, 0.15) is 0 Å². The van der Waals surface area contributed by atoms with E-state index in [9.17, 15) is 4.79 Å². The molecule has 0 aliphatic carbocycles. The number of benzene rings is 3. The number of hydrogen-bond donors (Lipinski definition) is 2. The van der Waals surface area contributed by atoms with Gasteiger partial charge in [0.25, 0.3) is 0 Å². The molecule has 0 atom stereocenters. The summed E-state index contributed by atoms with van der Waals surface area (Å²) in [6, 6.07) is 22.5. The summed E-state index contributed by atoms with van der Waals surface area (Å²) in [5.74, 6) is -0.0220. The molecule has 0 bridgehead atoms. The fourth-order valence-electron chi connectivity index (χ4n) is 3.40. The Morgan fingerprint density at radius 3 is 2.42 bits per heavy atom. The Kier molecular flexibility index (Phi) is 4.19. The number of carbonyl (C=O) groups is 1. The second-order valence-corrected chi connectivity index (χ2v) is 6.73. The van der Waals surface area contributed by atoms with Crippen molar-refractivity contribution in [1.29, 1.82) is 0 Å². The lowest BCUT2D eigenvalue weighted by Gasteiger charge is -2.14. The summed E-state index contributed by atoms with van der Waals surface area (Å²) in [5, 5.41) is 5.44. The number of aromatic amines is 1. The molecule has 0 fully saturated rings. The molecule has 0 radical (unpaired) electrons. The van der Waals surface area contributed by atoms with E-state index in [4.69, 9.17) is 0 Å². The lowest BCUT2D eigenvalue weighted by Crippen LogP contribution is -2.27. The van der Waals surface area contributed by atoms with Gasteiger partial charge in [-0.05, 0) is 26.2 Å². The summed E-state index contributed by atoms with van der Waals surface area (Å²) in [5.41, 5.74) is 5.12. The maximum absolute atomic E-state index is 12.3. The third kappa shape index (κ3) is 2.95. The fraction of sp³-hybridized carbons (Fsp3) is 0.136. The normalized spacial score (nSPS) is 11.3. The molecule has 4 aromatic rings. The van der Waals surface area contributed by atoms with Crippen LogP contribution in [0, 0.1) is 0 Å². The van der Waals surface area contributed by atoms with Gasteiger partial charge in [-0.3, -0.25) is 4.79 Å². The number of para-hydroxylation sites is 3. The molecule has 3 aromatic carbocycles. The standard InChI is InChI=1S/C22H21N3O/c1-25(2)14-21(26)23-19-12-5-3-8-15(19)17-10-7-11-18-16-9-4-6-13-20(16)24-22(17)18/h3-13,24H,14H2,1-2H3,(H,23,26). The Labute approximate surface area is 152 Å². The van der Waals surface area contributed by atoms with Gasteiger partial charge in [0.15, 0.2) is 0 Å². The lowest BCUT2D eigenvalue weighted by molar-refractivity contribution is -0.116. The van der Waals surface area contributed by atoms with Crippen molar-refractivity contribution in [2.24, 2.45) is 0 Å². The third-order valence-electron chi connectivity index (χ3n) is 4.49. The highest BCUT2D eigenvalue weighted by molar-refractivity contribution is 6.13. The Morgan fingerprint density at radius 1 is 0.885 bits per heavy atom. The van der Waals surface area contributed by atoms with Crippen molar-refractivity contribution in [3.8, 4) is 11.1 Å². The van der Waals surface area contributed by atoms with E-state index < -0.39 is 0 Å². The highest BCUT2D eigenvalue weighted by atomic mass is 16.2. The largest absolute Gasteiger partial charge is 0.354 e. The first-order chi connectivity index (χ1) is 12.6. The number of nitrogens with zero attached hydrogens (tertiary/aromatic N) is 1. The van der Waals surface area contributed by atoms with Gasteiger partial charge in [0.2, 0.25) is 5.91 Å². The van der Waals surface area contributed by atoms with Gasteiger partial charge in [0.05, 0.1) is 12.1 Å². The Bertz CT molecular complexity index is 1090. The Hall–Kier alpha value is -3.11. The minimum atomic E-state index is -0.0220. The number of fused-ring (bicyclic) bond motifs is 3. The number of carbonyl (C=O) groups excluding carboxylic acids is 1. The van der Waals surface area contributed by atoms with Crippen molar-refractivity contribution in [1.82, 2.24) is 9.88 Å². The van der Waals surface area contributed by atoms with E-state index in [1.54, 1.807) is 0 Å². The molecule has 0 aliphatic rings. The van der Waals surface area contributed by atoms with E-state index in [2.05, 4.69) is 46.7 Å². The van der Waals surface area contributed by atoms with Crippen molar-refractivity contribution in [3.63, 3.8) is 0 Å². The van der Waals surface area contributed by atoms with Crippen LogP contribution in [0.1, 0.15) is 0 Å². The van der Waals surface area contributed by atoms with Crippen LogP contribution in [0.4, 0.5) is 5.69 Å². The maximum atomic E-state index is 12.3. The first-order valence-electron chi connectivity index (χ1n) is 8.67. The van der Waals surface area contributed by atoms with Gasteiger partial charge in [-0.1, -0.05) is 54.6 Å². The molecule has 0 saturated carbocycles. The van der Waals surface area contributed by atoms with Crippen molar-refractivity contribution >= 4 is 33.4 Å². The van der Waals surface area contributed by atoms with Crippen LogP contribution < -0.4 is 5.32 Å². The maximum Gasteiger partial charge on any atom is 0.238 e. The van der Waals surface area contributed by atoms with Gasteiger partial charge in [-0.2, -0.15) is 0 Å². The first-order valence-corrected chi connectivity index (χ1v) is 8.67. The molecule has 4 nitrogen and oxygen atoms in total. The summed E-state index contributed by atoms with van der Waals surface area (Å²) >= 11 is 0. The molecule has 2 N–H and O–H groups in total. The molecule has 4 rings (SSSR count). The summed E-state index contributed by atoms with van der Waals surface area (Å²) in [6.07, 6.45) is 0. The molecule has 1 heterocycles. The van der Waals surface area contributed by atoms with Crippen LogP contribution in [-0.4, -0.2) is 36.4 Å². The number of H-pyrrole nitrogens is 1. The van der Waals surface area contributed by atoms with Crippen LogP contribution >= 0.6 is 0 Å². The van der Waals surface area contributed by atoms with E-state index >= 15 is 0 Å². The van der Waals surface area contributed by atoms with Gasteiger partial charge < -0.3 is 15.2 Å². The van der Waals surface area contributed by atoms with E-state index in [0.29, 0.717) is 6.54 Å².